The van der Waals surface area contributed by atoms with Crippen molar-refractivity contribution in [2.75, 3.05) is 4.66 Å². The summed E-state index contributed by atoms with van der Waals surface area (Å²) in [6, 6.07) is 10.2. The van der Waals surface area contributed by atoms with E-state index in [2.05, 4.69) is 15.9 Å². The molecular formula is C13H8BrClO3S. The van der Waals surface area contributed by atoms with Gasteiger partial charge in [-0.25, -0.2) is 8.42 Å². The molecule has 0 bridgehead atoms. The van der Waals surface area contributed by atoms with E-state index in [1.165, 1.54) is 0 Å². The van der Waals surface area contributed by atoms with Gasteiger partial charge in [0.2, 0.25) is 0 Å². The molecule has 0 aliphatic heterocycles. The van der Waals surface area contributed by atoms with E-state index in [0.717, 1.165) is 5.39 Å². The fraction of sp³-hybridized carbons (Fsp3) is 0.0769. The van der Waals surface area contributed by atoms with Gasteiger partial charge in [-0.1, -0.05) is 33.6 Å². The minimum atomic E-state index is -3.37. The number of benzene rings is 2. The lowest BCUT2D eigenvalue weighted by Gasteiger charge is -2.01. The average Bonchev–Trinajstić information content (AvgIpc) is 2.75. The molecule has 0 saturated carbocycles. The molecular weight excluding hydrogens is 352 g/mol. The van der Waals surface area contributed by atoms with Crippen LogP contribution in [-0.4, -0.2) is 13.1 Å². The zero-order valence-corrected chi connectivity index (χ0v) is 12.7. The minimum Gasteiger partial charge on any atom is -0.456 e. The first-order valence-corrected chi connectivity index (χ1v) is 8.57. The summed E-state index contributed by atoms with van der Waals surface area (Å²) in [5, 5.41) is 1.91. The molecule has 3 rings (SSSR count). The molecule has 0 spiro atoms. The lowest BCUT2D eigenvalue weighted by molar-refractivity contribution is 0.601. The minimum absolute atomic E-state index is 0.126. The van der Waals surface area contributed by atoms with E-state index < -0.39 is 9.84 Å². The predicted molar refractivity (Wildman–Crippen MR) is 79.7 cm³/mol. The maximum atomic E-state index is 12.1. The third kappa shape index (κ3) is 2.06. The zero-order chi connectivity index (χ0) is 13.6. The molecule has 0 amide bonds. The predicted octanol–water partition coefficient (Wildman–Crippen LogP) is 4.37. The highest BCUT2D eigenvalue weighted by molar-refractivity contribution is 9.10. The standard InChI is InChI=1S/C13H8BrClO3S/c14-7-19(16,17)12-3-1-2-10-13(12)9-5-4-8(15)6-11(9)18-10/h1-6H,7H2. The second kappa shape index (κ2) is 4.51. The summed E-state index contributed by atoms with van der Waals surface area (Å²) in [5.41, 5.74) is 1.12. The van der Waals surface area contributed by atoms with Crippen LogP contribution in [0.2, 0.25) is 5.02 Å². The highest BCUT2D eigenvalue weighted by Crippen LogP contribution is 2.35. The Balaban J connectivity index is 2.51. The van der Waals surface area contributed by atoms with Gasteiger partial charge < -0.3 is 4.42 Å². The molecule has 1 heterocycles. The average molecular weight is 360 g/mol. The number of hydrogen-bond acceptors (Lipinski definition) is 3. The van der Waals surface area contributed by atoms with E-state index >= 15 is 0 Å². The summed E-state index contributed by atoms with van der Waals surface area (Å²) in [6.07, 6.45) is 0. The number of halogens is 2. The molecule has 0 unspecified atom stereocenters. The molecule has 19 heavy (non-hydrogen) atoms. The number of alkyl halides is 1. The van der Waals surface area contributed by atoms with Crippen LogP contribution in [0.15, 0.2) is 45.7 Å². The molecule has 0 atom stereocenters. The van der Waals surface area contributed by atoms with Gasteiger partial charge in [-0.05, 0) is 24.3 Å². The van der Waals surface area contributed by atoms with Crippen LogP contribution < -0.4 is 0 Å². The van der Waals surface area contributed by atoms with Crippen LogP contribution in [0.5, 0.6) is 0 Å². The van der Waals surface area contributed by atoms with E-state index in [1.807, 2.05) is 0 Å². The van der Waals surface area contributed by atoms with Gasteiger partial charge in [0.25, 0.3) is 0 Å². The number of rotatable bonds is 2. The lowest BCUT2D eigenvalue weighted by Crippen LogP contribution is -2.01. The van der Waals surface area contributed by atoms with Gasteiger partial charge in [0, 0.05) is 21.9 Å². The monoisotopic (exact) mass is 358 g/mol. The number of sulfone groups is 1. The van der Waals surface area contributed by atoms with Crippen molar-refractivity contribution in [2.24, 2.45) is 0 Å². The van der Waals surface area contributed by atoms with Crippen LogP contribution in [0.1, 0.15) is 0 Å². The Kier molecular flexibility index (Phi) is 3.08. The van der Waals surface area contributed by atoms with E-state index in [4.69, 9.17) is 16.0 Å². The van der Waals surface area contributed by atoms with Gasteiger partial charge in [-0.2, -0.15) is 0 Å². The van der Waals surface area contributed by atoms with Crippen molar-refractivity contribution in [3.63, 3.8) is 0 Å². The fourth-order valence-electron chi connectivity index (χ4n) is 2.09. The van der Waals surface area contributed by atoms with Crippen molar-refractivity contribution in [1.82, 2.24) is 0 Å². The van der Waals surface area contributed by atoms with Crippen molar-refractivity contribution >= 4 is 59.3 Å². The smallest absolute Gasteiger partial charge is 0.189 e. The van der Waals surface area contributed by atoms with E-state index in [1.54, 1.807) is 36.4 Å². The summed E-state index contributed by atoms with van der Waals surface area (Å²) in [6.45, 7) is 0. The van der Waals surface area contributed by atoms with Crippen molar-refractivity contribution < 1.29 is 12.8 Å². The third-order valence-corrected chi connectivity index (χ3v) is 6.24. The van der Waals surface area contributed by atoms with Crippen molar-refractivity contribution in [3.05, 3.63) is 41.4 Å². The van der Waals surface area contributed by atoms with Crippen LogP contribution in [0.4, 0.5) is 0 Å². The molecule has 1 aromatic heterocycles. The Hall–Kier alpha value is -1.04. The number of fused-ring (bicyclic) bond motifs is 3. The molecule has 3 aromatic rings. The Morgan fingerprint density at radius 3 is 2.68 bits per heavy atom. The lowest BCUT2D eigenvalue weighted by atomic mass is 10.1. The summed E-state index contributed by atoms with van der Waals surface area (Å²) in [5.74, 6) is 0. The van der Waals surface area contributed by atoms with Crippen LogP contribution in [0, 0.1) is 0 Å². The maximum Gasteiger partial charge on any atom is 0.189 e. The van der Waals surface area contributed by atoms with Crippen molar-refractivity contribution in [2.45, 2.75) is 4.90 Å². The van der Waals surface area contributed by atoms with E-state index in [9.17, 15) is 8.42 Å². The van der Waals surface area contributed by atoms with Gasteiger partial charge in [-0.15, -0.1) is 0 Å². The zero-order valence-electron chi connectivity index (χ0n) is 9.56. The van der Waals surface area contributed by atoms with Gasteiger partial charge in [0.05, 0.1) is 4.90 Å². The molecule has 2 aromatic carbocycles. The summed E-state index contributed by atoms with van der Waals surface area (Å²) < 4.78 is 29.7. The maximum absolute atomic E-state index is 12.1. The van der Waals surface area contributed by atoms with Gasteiger partial charge in [0.15, 0.2) is 9.84 Å². The highest BCUT2D eigenvalue weighted by Gasteiger charge is 2.20. The van der Waals surface area contributed by atoms with E-state index in [-0.39, 0.29) is 9.56 Å². The Morgan fingerprint density at radius 1 is 1.16 bits per heavy atom. The molecule has 0 radical (unpaired) electrons. The van der Waals surface area contributed by atoms with Crippen LogP contribution in [0.3, 0.4) is 0 Å². The van der Waals surface area contributed by atoms with E-state index in [0.29, 0.717) is 21.6 Å². The second-order valence-electron chi connectivity index (χ2n) is 4.10. The van der Waals surface area contributed by atoms with Crippen LogP contribution in [0.25, 0.3) is 21.9 Å². The topological polar surface area (TPSA) is 47.3 Å². The van der Waals surface area contributed by atoms with Crippen molar-refractivity contribution in [1.29, 1.82) is 0 Å². The van der Waals surface area contributed by atoms with Gasteiger partial charge in [0.1, 0.15) is 15.8 Å². The Labute approximate surface area is 123 Å². The third-order valence-electron chi connectivity index (χ3n) is 2.90. The SMILES string of the molecule is O=S(=O)(CBr)c1cccc2oc3cc(Cl)ccc3c12. The molecule has 0 fully saturated rings. The fourth-order valence-corrected chi connectivity index (χ4v) is 3.91. The summed E-state index contributed by atoms with van der Waals surface area (Å²) in [4.78, 5) is 0.267. The molecule has 98 valence electrons. The molecule has 0 saturated heterocycles. The molecule has 0 aliphatic carbocycles. The van der Waals surface area contributed by atoms with Gasteiger partial charge >= 0.3 is 0 Å². The highest BCUT2D eigenvalue weighted by atomic mass is 79.9. The Bertz CT molecular complexity index is 883. The summed E-state index contributed by atoms with van der Waals surface area (Å²) >= 11 is 8.94. The number of hydrogen-bond donors (Lipinski definition) is 0. The largest absolute Gasteiger partial charge is 0.456 e. The molecule has 3 nitrogen and oxygen atoms in total. The molecule has 0 N–H and O–H groups in total. The van der Waals surface area contributed by atoms with Crippen LogP contribution >= 0.6 is 27.5 Å². The molecule has 0 aliphatic rings. The molecule has 6 heteroatoms. The first-order chi connectivity index (χ1) is 9.03. The summed E-state index contributed by atoms with van der Waals surface area (Å²) in [7, 11) is -3.37. The first kappa shape index (κ1) is 13.0. The van der Waals surface area contributed by atoms with Crippen molar-refractivity contribution in [3.8, 4) is 0 Å². The quantitative estimate of drug-likeness (QED) is 0.638. The first-order valence-electron chi connectivity index (χ1n) is 5.42. The van der Waals surface area contributed by atoms with Gasteiger partial charge in [-0.3, -0.25) is 0 Å². The van der Waals surface area contributed by atoms with Crippen LogP contribution in [-0.2, 0) is 9.84 Å². The normalized spacial score (nSPS) is 12.3. The second-order valence-corrected chi connectivity index (χ2v) is 7.79. The number of furan rings is 1. The Morgan fingerprint density at radius 2 is 1.95 bits per heavy atom.